The molecule has 0 aromatic heterocycles. The minimum Gasteiger partial charge on any atom is -0.505 e. The first-order valence-corrected chi connectivity index (χ1v) is 6.90. The Labute approximate surface area is 122 Å². The summed E-state index contributed by atoms with van der Waals surface area (Å²) in [6.07, 6.45) is 0.744. The number of phenols is 2. The Balaban J connectivity index is 2.35. The van der Waals surface area contributed by atoms with Crippen molar-refractivity contribution < 1.29 is 19.0 Å². The van der Waals surface area contributed by atoms with Crippen molar-refractivity contribution in [1.29, 1.82) is 0 Å². The molecule has 4 heteroatoms. The average molecular weight is 292 g/mol. The predicted octanol–water partition coefficient (Wildman–Crippen LogP) is 4.67. The lowest BCUT2D eigenvalue weighted by molar-refractivity contribution is 0.428. The fourth-order valence-corrected chi connectivity index (χ4v) is 2.67. The average Bonchev–Trinajstić information content (AvgIpc) is 2.46. The highest BCUT2D eigenvalue weighted by Gasteiger charge is 2.21. The minimum atomic E-state index is -0.661. The third-order valence-electron chi connectivity index (χ3n) is 3.94. The van der Waals surface area contributed by atoms with Gasteiger partial charge in [0.25, 0.3) is 0 Å². The minimum absolute atomic E-state index is 0.0101. The highest BCUT2D eigenvalue weighted by atomic mass is 19.1. The molecule has 2 aromatic rings. The van der Waals surface area contributed by atoms with E-state index < -0.39 is 11.6 Å². The molecule has 0 saturated heterocycles. The molecule has 0 aliphatic rings. The van der Waals surface area contributed by atoms with E-state index in [0.717, 1.165) is 17.5 Å². The smallest absolute Gasteiger partial charge is 0.165 e. The molecular formula is C17H18F2O2. The summed E-state index contributed by atoms with van der Waals surface area (Å²) in [5, 5.41) is 18.5. The van der Waals surface area contributed by atoms with Crippen LogP contribution in [-0.4, -0.2) is 10.2 Å². The lowest BCUT2D eigenvalue weighted by Gasteiger charge is -2.24. The number of halogens is 2. The summed E-state index contributed by atoms with van der Waals surface area (Å²) in [4.78, 5) is 0. The third kappa shape index (κ3) is 3.15. The summed E-state index contributed by atoms with van der Waals surface area (Å²) in [6, 6.07) is 8.63. The van der Waals surface area contributed by atoms with Crippen LogP contribution in [0.1, 0.15) is 43.2 Å². The summed E-state index contributed by atoms with van der Waals surface area (Å²) in [6.45, 7) is 3.91. The Bertz CT molecular complexity index is 641. The van der Waals surface area contributed by atoms with Crippen LogP contribution in [0.3, 0.4) is 0 Å². The van der Waals surface area contributed by atoms with E-state index in [9.17, 15) is 19.0 Å². The van der Waals surface area contributed by atoms with Gasteiger partial charge in [0.2, 0.25) is 0 Å². The number of aromatic hydroxyl groups is 2. The second kappa shape index (κ2) is 6.12. The Morgan fingerprint density at radius 1 is 0.905 bits per heavy atom. The molecule has 21 heavy (non-hydrogen) atoms. The first-order valence-electron chi connectivity index (χ1n) is 6.90. The summed E-state index contributed by atoms with van der Waals surface area (Å²) in [5.41, 5.74) is 1.50. The van der Waals surface area contributed by atoms with Gasteiger partial charge in [0.05, 0.1) is 0 Å². The van der Waals surface area contributed by atoms with Crippen molar-refractivity contribution in [2.75, 3.05) is 0 Å². The monoisotopic (exact) mass is 292 g/mol. The topological polar surface area (TPSA) is 40.5 Å². The maximum atomic E-state index is 13.5. The number of hydrogen-bond acceptors (Lipinski definition) is 2. The molecule has 0 heterocycles. The summed E-state index contributed by atoms with van der Waals surface area (Å²) < 4.78 is 27.0. The molecule has 0 fully saturated rings. The largest absolute Gasteiger partial charge is 0.505 e. The highest BCUT2D eigenvalue weighted by molar-refractivity contribution is 5.35. The number of benzene rings is 2. The van der Waals surface area contributed by atoms with Gasteiger partial charge < -0.3 is 10.2 Å². The van der Waals surface area contributed by atoms with E-state index in [2.05, 4.69) is 0 Å². The van der Waals surface area contributed by atoms with Crippen LogP contribution in [0.2, 0.25) is 0 Å². The van der Waals surface area contributed by atoms with Crippen molar-refractivity contribution in [3.8, 4) is 11.5 Å². The summed E-state index contributed by atoms with van der Waals surface area (Å²) in [7, 11) is 0. The van der Waals surface area contributed by atoms with Crippen LogP contribution in [0.25, 0.3) is 0 Å². The van der Waals surface area contributed by atoms with Gasteiger partial charge in [0.15, 0.2) is 23.1 Å². The Hall–Kier alpha value is -2.10. The van der Waals surface area contributed by atoms with Crippen molar-refractivity contribution in [1.82, 2.24) is 0 Å². The van der Waals surface area contributed by atoms with Crippen molar-refractivity contribution in [2.45, 2.75) is 32.1 Å². The second-order valence-corrected chi connectivity index (χ2v) is 5.23. The van der Waals surface area contributed by atoms with Crippen LogP contribution >= 0.6 is 0 Å². The van der Waals surface area contributed by atoms with Crippen LogP contribution < -0.4 is 0 Å². The first-order chi connectivity index (χ1) is 9.93. The fourth-order valence-electron chi connectivity index (χ4n) is 2.67. The van der Waals surface area contributed by atoms with Gasteiger partial charge in [-0.25, -0.2) is 8.78 Å². The van der Waals surface area contributed by atoms with E-state index in [1.165, 1.54) is 24.3 Å². The van der Waals surface area contributed by atoms with Gasteiger partial charge in [-0.2, -0.15) is 0 Å². The van der Waals surface area contributed by atoms with Gasteiger partial charge in [-0.05, 0) is 53.6 Å². The number of hydrogen-bond donors (Lipinski definition) is 2. The van der Waals surface area contributed by atoms with Crippen LogP contribution in [0, 0.1) is 11.6 Å². The molecule has 0 aliphatic heterocycles. The van der Waals surface area contributed by atoms with Crippen molar-refractivity contribution >= 4 is 0 Å². The molecule has 0 unspecified atom stereocenters. The molecule has 2 N–H and O–H groups in total. The molecule has 0 aliphatic carbocycles. The van der Waals surface area contributed by atoms with E-state index in [0.29, 0.717) is 0 Å². The van der Waals surface area contributed by atoms with Gasteiger partial charge in [0, 0.05) is 0 Å². The van der Waals surface area contributed by atoms with Gasteiger partial charge in [-0.15, -0.1) is 0 Å². The van der Waals surface area contributed by atoms with Gasteiger partial charge >= 0.3 is 0 Å². The van der Waals surface area contributed by atoms with Crippen molar-refractivity contribution in [3.63, 3.8) is 0 Å². The van der Waals surface area contributed by atoms with E-state index in [4.69, 9.17) is 0 Å². The van der Waals surface area contributed by atoms with Gasteiger partial charge in [0.1, 0.15) is 0 Å². The maximum Gasteiger partial charge on any atom is 0.165 e. The van der Waals surface area contributed by atoms with Crippen LogP contribution in [-0.2, 0) is 0 Å². The van der Waals surface area contributed by atoms with Crippen molar-refractivity contribution in [2.24, 2.45) is 0 Å². The third-order valence-corrected chi connectivity index (χ3v) is 3.94. The molecule has 0 bridgehead atoms. The molecule has 2 nitrogen and oxygen atoms in total. The van der Waals surface area contributed by atoms with Crippen LogP contribution in [0.4, 0.5) is 8.78 Å². The standard InChI is InChI=1S/C17H18F2O2/c1-3-13(12-5-7-17(21)15(19)9-12)10(2)11-4-6-16(20)14(18)8-11/h4-10,13,20-21H,3H2,1-2H3/t10-,13+/m1/s1. The number of rotatable bonds is 4. The normalized spacial score (nSPS) is 13.9. The summed E-state index contributed by atoms with van der Waals surface area (Å²) >= 11 is 0. The molecule has 2 atom stereocenters. The predicted molar refractivity (Wildman–Crippen MR) is 77.6 cm³/mol. The quantitative estimate of drug-likeness (QED) is 0.859. The lowest BCUT2D eigenvalue weighted by Crippen LogP contribution is -2.08. The molecule has 0 spiro atoms. The SMILES string of the molecule is CC[C@H](c1ccc(O)c(F)c1)[C@H](C)c1ccc(O)c(F)c1. The van der Waals surface area contributed by atoms with E-state index in [1.54, 1.807) is 12.1 Å². The zero-order chi connectivity index (χ0) is 15.6. The van der Waals surface area contributed by atoms with Gasteiger partial charge in [-0.1, -0.05) is 26.0 Å². The van der Waals surface area contributed by atoms with E-state index in [-0.39, 0.29) is 23.3 Å². The van der Waals surface area contributed by atoms with Crippen LogP contribution in [0.5, 0.6) is 11.5 Å². The molecule has 2 rings (SSSR count). The Morgan fingerprint density at radius 3 is 1.86 bits per heavy atom. The van der Waals surface area contributed by atoms with Crippen molar-refractivity contribution in [3.05, 3.63) is 59.2 Å². The molecule has 2 aromatic carbocycles. The Kier molecular flexibility index (Phi) is 4.46. The zero-order valence-electron chi connectivity index (χ0n) is 12.0. The lowest BCUT2D eigenvalue weighted by atomic mass is 9.81. The van der Waals surface area contributed by atoms with Crippen LogP contribution in [0.15, 0.2) is 36.4 Å². The first kappa shape index (κ1) is 15.3. The molecule has 0 amide bonds. The number of phenolic OH excluding ortho intramolecular Hbond substituents is 2. The van der Waals surface area contributed by atoms with E-state index in [1.807, 2.05) is 13.8 Å². The molecular weight excluding hydrogens is 274 g/mol. The Morgan fingerprint density at radius 2 is 1.38 bits per heavy atom. The fraction of sp³-hybridized carbons (Fsp3) is 0.294. The molecule has 0 saturated carbocycles. The van der Waals surface area contributed by atoms with E-state index >= 15 is 0 Å². The van der Waals surface area contributed by atoms with Gasteiger partial charge in [-0.3, -0.25) is 0 Å². The summed E-state index contributed by atoms with van der Waals surface area (Å²) in [5.74, 6) is -2.13. The maximum absolute atomic E-state index is 13.5. The highest BCUT2D eigenvalue weighted by Crippen LogP contribution is 2.37. The molecule has 112 valence electrons. The second-order valence-electron chi connectivity index (χ2n) is 5.23. The molecule has 0 radical (unpaired) electrons. The zero-order valence-corrected chi connectivity index (χ0v) is 12.0.